The number of rotatable bonds is 7. The van der Waals surface area contributed by atoms with Crippen LogP contribution in [0.4, 0.5) is 24.5 Å². The molecule has 0 radical (unpaired) electrons. The lowest BCUT2D eigenvalue weighted by molar-refractivity contribution is -0.154. The van der Waals surface area contributed by atoms with Crippen LogP contribution in [0.3, 0.4) is 0 Å². The fourth-order valence-corrected chi connectivity index (χ4v) is 2.18. The number of benzene rings is 1. The van der Waals surface area contributed by atoms with Crippen molar-refractivity contribution in [3.8, 4) is 5.88 Å². The first kappa shape index (κ1) is 21.2. The smallest absolute Gasteiger partial charge is 0.422 e. The van der Waals surface area contributed by atoms with Gasteiger partial charge in [0.15, 0.2) is 6.61 Å². The third kappa shape index (κ3) is 7.26. The molecule has 6 nitrogen and oxygen atoms in total. The van der Waals surface area contributed by atoms with Crippen LogP contribution in [0.1, 0.15) is 30.6 Å². The number of carbonyl (C=O) groups excluding carboxylic acids is 2. The van der Waals surface area contributed by atoms with Crippen LogP contribution in [0, 0.1) is 5.92 Å². The molecule has 0 aliphatic heterocycles. The van der Waals surface area contributed by atoms with Gasteiger partial charge in [0, 0.05) is 30.1 Å². The minimum absolute atomic E-state index is 0.0920. The Morgan fingerprint density at radius 2 is 1.64 bits per heavy atom. The Morgan fingerprint density at radius 3 is 2.14 bits per heavy atom. The lowest BCUT2D eigenvalue weighted by Gasteiger charge is -2.10. The summed E-state index contributed by atoms with van der Waals surface area (Å²) in [7, 11) is 0. The summed E-state index contributed by atoms with van der Waals surface area (Å²) < 4.78 is 40.8. The van der Waals surface area contributed by atoms with E-state index in [2.05, 4.69) is 20.4 Å². The van der Waals surface area contributed by atoms with Gasteiger partial charge in [-0.2, -0.15) is 13.2 Å². The van der Waals surface area contributed by atoms with E-state index in [0.717, 1.165) is 6.20 Å². The SMILES string of the molecule is CC(C)CC(=O)Nc1ccc(NC(=O)c2ccc(OCC(F)(F)F)nc2)cc1. The Labute approximate surface area is 160 Å². The zero-order valence-corrected chi connectivity index (χ0v) is 15.3. The van der Waals surface area contributed by atoms with Gasteiger partial charge in [-0.3, -0.25) is 9.59 Å². The van der Waals surface area contributed by atoms with Crippen molar-refractivity contribution < 1.29 is 27.5 Å². The standard InChI is InChI=1S/C19H20F3N3O3/c1-12(2)9-16(26)24-14-4-6-15(7-5-14)25-18(27)13-3-8-17(23-10-13)28-11-19(20,21)22/h3-8,10,12H,9,11H2,1-2H3,(H,24,26)(H,25,27). The maximum atomic E-state index is 12.2. The van der Waals surface area contributed by atoms with Gasteiger partial charge in [-0.1, -0.05) is 13.8 Å². The maximum absolute atomic E-state index is 12.2. The molecule has 0 fully saturated rings. The second-order valence-corrected chi connectivity index (χ2v) is 6.47. The number of hydrogen-bond acceptors (Lipinski definition) is 4. The summed E-state index contributed by atoms with van der Waals surface area (Å²) in [6.07, 6.45) is -2.92. The number of pyridine rings is 1. The van der Waals surface area contributed by atoms with E-state index in [0.29, 0.717) is 17.8 Å². The number of anilines is 2. The first-order valence-electron chi connectivity index (χ1n) is 8.49. The molecule has 1 aromatic heterocycles. The molecular formula is C19H20F3N3O3. The van der Waals surface area contributed by atoms with Crippen LogP contribution in [-0.2, 0) is 4.79 Å². The molecule has 0 spiro atoms. The maximum Gasteiger partial charge on any atom is 0.422 e. The molecular weight excluding hydrogens is 375 g/mol. The second kappa shape index (κ2) is 9.20. The molecule has 2 amide bonds. The number of ether oxygens (including phenoxy) is 1. The quantitative estimate of drug-likeness (QED) is 0.734. The van der Waals surface area contributed by atoms with E-state index in [-0.39, 0.29) is 23.3 Å². The minimum Gasteiger partial charge on any atom is -0.468 e. The highest BCUT2D eigenvalue weighted by molar-refractivity contribution is 6.04. The van der Waals surface area contributed by atoms with Crippen molar-refractivity contribution >= 4 is 23.2 Å². The molecule has 0 aliphatic carbocycles. The molecule has 2 N–H and O–H groups in total. The van der Waals surface area contributed by atoms with Crippen molar-refractivity contribution in [1.82, 2.24) is 4.98 Å². The Morgan fingerprint density at radius 1 is 1.04 bits per heavy atom. The van der Waals surface area contributed by atoms with Crippen LogP contribution in [0.2, 0.25) is 0 Å². The lowest BCUT2D eigenvalue weighted by Crippen LogP contribution is -2.19. The Balaban J connectivity index is 1.91. The van der Waals surface area contributed by atoms with Gasteiger partial charge in [0.25, 0.3) is 5.91 Å². The van der Waals surface area contributed by atoms with E-state index in [1.807, 2.05) is 13.8 Å². The van der Waals surface area contributed by atoms with Gasteiger partial charge in [-0.25, -0.2) is 4.98 Å². The third-order valence-corrected chi connectivity index (χ3v) is 3.40. The highest BCUT2D eigenvalue weighted by Gasteiger charge is 2.28. The molecule has 9 heteroatoms. The van der Waals surface area contributed by atoms with Crippen molar-refractivity contribution in [2.75, 3.05) is 17.2 Å². The molecule has 0 unspecified atom stereocenters. The van der Waals surface area contributed by atoms with Gasteiger partial charge in [0.05, 0.1) is 5.56 Å². The predicted molar refractivity (Wildman–Crippen MR) is 98.3 cm³/mol. The normalized spacial score (nSPS) is 11.2. The van der Waals surface area contributed by atoms with Crippen molar-refractivity contribution in [3.63, 3.8) is 0 Å². The highest BCUT2D eigenvalue weighted by atomic mass is 19.4. The molecule has 2 aromatic rings. The monoisotopic (exact) mass is 395 g/mol. The van der Waals surface area contributed by atoms with E-state index in [1.165, 1.54) is 12.1 Å². The van der Waals surface area contributed by atoms with Gasteiger partial charge < -0.3 is 15.4 Å². The topological polar surface area (TPSA) is 80.3 Å². The number of halogens is 3. The Kier molecular flexibility index (Phi) is 6.97. The van der Waals surface area contributed by atoms with Crippen LogP contribution < -0.4 is 15.4 Å². The van der Waals surface area contributed by atoms with Crippen molar-refractivity contribution in [3.05, 3.63) is 48.2 Å². The predicted octanol–water partition coefficient (Wildman–Crippen LogP) is 4.26. The molecule has 0 atom stereocenters. The Bertz CT molecular complexity index is 804. The van der Waals surface area contributed by atoms with Gasteiger partial charge in [0.2, 0.25) is 11.8 Å². The largest absolute Gasteiger partial charge is 0.468 e. The molecule has 1 aromatic carbocycles. The van der Waals surface area contributed by atoms with Crippen LogP contribution in [0.25, 0.3) is 0 Å². The number of hydrogen-bond donors (Lipinski definition) is 2. The van der Waals surface area contributed by atoms with E-state index in [4.69, 9.17) is 0 Å². The third-order valence-electron chi connectivity index (χ3n) is 3.40. The summed E-state index contributed by atoms with van der Waals surface area (Å²) in [5, 5.41) is 5.39. The summed E-state index contributed by atoms with van der Waals surface area (Å²) in [6, 6.07) is 9.05. The second-order valence-electron chi connectivity index (χ2n) is 6.47. The first-order chi connectivity index (χ1) is 13.1. The average molecular weight is 395 g/mol. The fraction of sp³-hybridized carbons (Fsp3) is 0.316. The minimum atomic E-state index is -4.46. The summed E-state index contributed by atoms with van der Waals surface area (Å²) >= 11 is 0. The van der Waals surface area contributed by atoms with Crippen molar-refractivity contribution in [1.29, 1.82) is 0 Å². The summed E-state index contributed by atoms with van der Waals surface area (Å²) in [5.41, 5.74) is 1.26. The highest BCUT2D eigenvalue weighted by Crippen LogP contribution is 2.18. The molecule has 150 valence electrons. The number of aromatic nitrogens is 1. The van der Waals surface area contributed by atoms with Crippen molar-refractivity contribution in [2.45, 2.75) is 26.4 Å². The molecule has 1 heterocycles. The zero-order chi connectivity index (χ0) is 20.7. The molecule has 0 bridgehead atoms. The Hall–Kier alpha value is -3.10. The van der Waals surface area contributed by atoms with E-state index in [9.17, 15) is 22.8 Å². The number of nitrogens with one attached hydrogen (secondary N) is 2. The fourth-order valence-electron chi connectivity index (χ4n) is 2.18. The van der Waals surface area contributed by atoms with Crippen LogP contribution in [0.5, 0.6) is 5.88 Å². The van der Waals surface area contributed by atoms with Gasteiger partial charge in [-0.15, -0.1) is 0 Å². The molecule has 28 heavy (non-hydrogen) atoms. The van der Waals surface area contributed by atoms with E-state index < -0.39 is 18.7 Å². The number of amides is 2. The van der Waals surface area contributed by atoms with Crippen LogP contribution in [-0.4, -0.2) is 29.6 Å². The zero-order valence-electron chi connectivity index (χ0n) is 15.3. The summed E-state index contributed by atoms with van der Waals surface area (Å²) in [5.74, 6) is -0.551. The van der Waals surface area contributed by atoms with Crippen LogP contribution in [0.15, 0.2) is 42.6 Å². The number of carbonyl (C=O) groups is 2. The van der Waals surface area contributed by atoms with E-state index in [1.54, 1.807) is 24.3 Å². The van der Waals surface area contributed by atoms with E-state index >= 15 is 0 Å². The van der Waals surface area contributed by atoms with Gasteiger partial charge >= 0.3 is 6.18 Å². The van der Waals surface area contributed by atoms with Crippen molar-refractivity contribution in [2.24, 2.45) is 5.92 Å². The van der Waals surface area contributed by atoms with Crippen LogP contribution >= 0.6 is 0 Å². The first-order valence-corrected chi connectivity index (χ1v) is 8.49. The molecule has 0 aliphatic rings. The average Bonchev–Trinajstić information content (AvgIpc) is 2.60. The van der Waals surface area contributed by atoms with Gasteiger partial charge in [-0.05, 0) is 36.2 Å². The summed E-state index contributed by atoms with van der Waals surface area (Å²) in [4.78, 5) is 27.6. The number of alkyl halides is 3. The molecule has 0 saturated heterocycles. The lowest BCUT2D eigenvalue weighted by atomic mass is 10.1. The summed E-state index contributed by atoms with van der Waals surface area (Å²) in [6.45, 7) is 2.44. The molecule has 0 saturated carbocycles. The number of nitrogens with zero attached hydrogens (tertiary/aromatic N) is 1. The molecule has 2 rings (SSSR count). The van der Waals surface area contributed by atoms with Gasteiger partial charge in [0.1, 0.15) is 0 Å².